The number of aromatic nitrogens is 3. The molecule has 21 heavy (non-hydrogen) atoms. The number of nitrogens with zero attached hydrogens (tertiary/aromatic N) is 2. The average molecular weight is 281 g/mol. The van der Waals surface area contributed by atoms with Crippen LogP contribution in [0.3, 0.4) is 0 Å². The first-order chi connectivity index (χ1) is 10.2. The summed E-state index contributed by atoms with van der Waals surface area (Å²) in [5.41, 5.74) is 8.58. The van der Waals surface area contributed by atoms with Crippen molar-refractivity contribution in [3.05, 3.63) is 54.7 Å². The highest BCUT2D eigenvalue weighted by Gasteiger charge is 2.16. The monoisotopic (exact) mass is 281 g/mol. The van der Waals surface area contributed by atoms with Gasteiger partial charge in [0, 0.05) is 17.1 Å². The first-order valence-electron chi connectivity index (χ1n) is 6.60. The Morgan fingerprint density at radius 3 is 2.86 bits per heavy atom. The van der Waals surface area contributed by atoms with Crippen LogP contribution in [0.4, 0.5) is 5.69 Å². The maximum Gasteiger partial charge on any atom is 0.241 e. The van der Waals surface area contributed by atoms with Gasteiger partial charge in [0.05, 0.1) is 24.1 Å². The minimum absolute atomic E-state index is 0.255. The van der Waals surface area contributed by atoms with E-state index in [1.807, 2.05) is 30.5 Å². The van der Waals surface area contributed by atoms with Crippen LogP contribution < -0.4 is 11.1 Å². The standard InChI is InChI=1S/C15H15N5O/c16-13(15(21)20-11-7-17-9-18-8-11)5-10-6-19-14-4-2-1-3-12(10)14/h1-4,6-9,13,19H,5,16H2,(H,20,21)/t13-/m0/s1. The molecule has 3 aromatic rings. The number of anilines is 1. The number of amides is 1. The fourth-order valence-electron chi connectivity index (χ4n) is 2.23. The highest BCUT2D eigenvalue weighted by atomic mass is 16.2. The summed E-state index contributed by atoms with van der Waals surface area (Å²) in [6, 6.07) is 7.30. The van der Waals surface area contributed by atoms with Crippen LogP contribution in [0.15, 0.2) is 49.2 Å². The van der Waals surface area contributed by atoms with Crippen LogP contribution in [0, 0.1) is 0 Å². The Morgan fingerprint density at radius 2 is 2.05 bits per heavy atom. The number of rotatable bonds is 4. The van der Waals surface area contributed by atoms with Gasteiger partial charge < -0.3 is 16.0 Å². The number of fused-ring (bicyclic) bond motifs is 1. The van der Waals surface area contributed by atoms with Crippen molar-refractivity contribution in [1.29, 1.82) is 0 Å². The van der Waals surface area contributed by atoms with Gasteiger partial charge in [-0.05, 0) is 18.1 Å². The Balaban J connectivity index is 1.71. The second-order valence-electron chi connectivity index (χ2n) is 4.79. The normalized spacial score (nSPS) is 12.2. The van der Waals surface area contributed by atoms with Crippen LogP contribution in [0.5, 0.6) is 0 Å². The van der Waals surface area contributed by atoms with Crippen LogP contribution in [-0.2, 0) is 11.2 Å². The van der Waals surface area contributed by atoms with Gasteiger partial charge in [0.1, 0.15) is 6.33 Å². The molecular formula is C15H15N5O. The lowest BCUT2D eigenvalue weighted by molar-refractivity contribution is -0.117. The highest BCUT2D eigenvalue weighted by molar-refractivity contribution is 5.95. The van der Waals surface area contributed by atoms with E-state index in [1.165, 1.54) is 18.7 Å². The molecule has 2 heterocycles. The molecule has 6 heteroatoms. The van der Waals surface area contributed by atoms with Gasteiger partial charge in [-0.15, -0.1) is 0 Å². The number of aromatic amines is 1. The van der Waals surface area contributed by atoms with Gasteiger partial charge in [0.2, 0.25) is 5.91 Å². The van der Waals surface area contributed by atoms with E-state index in [2.05, 4.69) is 20.3 Å². The zero-order chi connectivity index (χ0) is 14.7. The van der Waals surface area contributed by atoms with Crippen molar-refractivity contribution in [1.82, 2.24) is 15.0 Å². The van der Waals surface area contributed by atoms with E-state index in [0.29, 0.717) is 12.1 Å². The molecule has 106 valence electrons. The summed E-state index contributed by atoms with van der Waals surface area (Å²) in [5.74, 6) is -0.255. The molecule has 0 aliphatic carbocycles. The molecule has 6 nitrogen and oxygen atoms in total. The van der Waals surface area contributed by atoms with Gasteiger partial charge in [0.15, 0.2) is 0 Å². The predicted molar refractivity (Wildman–Crippen MR) is 80.6 cm³/mol. The third kappa shape index (κ3) is 2.90. The van der Waals surface area contributed by atoms with Crippen molar-refractivity contribution in [2.24, 2.45) is 5.73 Å². The molecule has 1 aromatic carbocycles. The molecule has 0 saturated carbocycles. The minimum atomic E-state index is -0.635. The Labute approximate surface area is 121 Å². The predicted octanol–water partition coefficient (Wildman–Crippen LogP) is 1.47. The van der Waals surface area contributed by atoms with E-state index in [1.54, 1.807) is 0 Å². The van der Waals surface area contributed by atoms with Crippen LogP contribution in [-0.4, -0.2) is 26.9 Å². The molecule has 1 atom stereocenters. The van der Waals surface area contributed by atoms with E-state index in [9.17, 15) is 4.79 Å². The van der Waals surface area contributed by atoms with Gasteiger partial charge in [0.25, 0.3) is 0 Å². The summed E-state index contributed by atoms with van der Waals surface area (Å²) in [6.07, 6.45) is 6.82. The van der Waals surface area contributed by atoms with Gasteiger partial charge in [-0.25, -0.2) is 9.97 Å². The molecule has 0 fully saturated rings. The number of benzene rings is 1. The number of carbonyl (C=O) groups is 1. The average Bonchev–Trinajstić information content (AvgIpc) is 2.91. The Kier molecular flexibility index (Phi) is 3.61. The fourth-order valence-corrected chi connectivity index (χ4v) is 2.23. The summed E-state index contributed by atoms with van der Waals surface area (Å²) >= 11 is 0. The van der Waals surface area contributed by atoms with E-state index in [0.717, 1.165) is 16.5 Å². The summed E-state index contributed by atoms with van der Waals surface area (Å²) in [5, 5.41) is 3.79. The maximum absolute atomic E-state index is 12.1. The number of nitrogens with two attached hydrogens (primary N) is 1. The number of hydrogen-bond acceptors (Lipinski definition) is 4. The van der Waals surface area contributed by atoms with Crippen LogP contribution in [0.25, 0.3) is 10.9 Å². The first kappa shape index (κ1) is 13.3. The van der Waals surface area contributed by atoms with E-state index in [-0.39, 0.29) is 5.91 Å². The van der Waals surface area contributed by atoms with E-state index < -0.39 is 6.04 Å². The van der Waals surface area contributed by atoms with Crippen LogP contribution in [0.1, 0.15) is 5.56 Å². The molecule has 0 aliphatic heterocycles. The fraction of sp³-hybridized carbons (Fsp3) is 0.133. The van der Waals surface area contributed by atoms with Gasteiger partial charge in [-0.1, -0.05) is 18.2 Å². The Morgan fingerprint density at radius 1 is 1.29 bits per heavy atom. The molecule has 0 saturated heterocycles. The topological polar surface area (TPSA) is 96.7 Å². The lowest BCUT2D eigenvalue weighted by atomic mass is 10.1. The van der Waals surface area contributed by atoms with Crippen LogP contribution in [0.2, 0.25) is 0 Å². The summed E-state index contributed by atoms with van der Waals surface area (Å²) in [4.78, 5) is 22.9. The summed E-state index contributed by atoms with van der Waals surface area (Å²) in [6.45, 7) is 0. The zero-order valence-corrected chi connectivity index (χ0v) is 11.3. The molecule has 3 rings (SSSR count). The molecular weight excluding hydrogens is 266 g/mol. The van der Waals surface area contributed by atoms with Crippen molar-refractivity contribution in [3.63, 3.8) is 0 Å². The third-order valence-electron chi connectivity index (χ3n) is 3.28. The van der Waals surface area contributed by atoms with Crippen molar-refractivity contribution in [3.8, 4) is 0 Å². The molecule has 0 radical (unpaired) electrons. The molecule has 2 aromatic heterocycles. The minimum Gasteiger partial charge on any atom is -0.361 e. The van der Waals surface area contributed by atoms with Gasteiger partial charge >= 0.3 is 0 Å². The van der Waals surface area contributed by atoms with Gasteiger partial charge in [-0.2, -0.15) is 0 Å². The lowest BCUT2D eigenvalue weighted by Crippen LogP contribution is -2.37. The third-order valence-corrected chi connectivity index (χ3v) is 3.28. The molecule has 0 spiro atoms. The number of nitrogens with one attached hydrogen (secondary N) is 2. The summed E-state index contributed by atoms with van der Waals surface area (Å²) < 4.78 is 0. The van der Waals surface area contributed by atoms with E-state index >= 15 is 0 Å². The van der Waals surface area contributed by atoms with Crippen molar-refractivity contribution >= 4 is 22.5 Å². The molecule has 4 N–H and O–H groups in total. The number of H-pyrrole nitrogens is 1. The molecule has 0 unspecified atom stereocenters. The molecule has 0 bridgehead atoms. The van der Waals surface area contributed by atoms with Crippen molar-refractivity contribution in [2.45, 2.75) is 12.5 Å². The maximum atomic E-state index is 12.1. The molecule has 0 aliphatic rings. The molecule has 1 amide bonds. The van der Waals surface area contributed by atoms with Crippen LogP contribution >= 0.6 is 0 Å². The van der Waals surface area contributed by atoms with Gasteiger partial charge in [-0.3, -0.25) is 4.79 Å². The quantitative estimate of drug-likeness (QED) is 0.674. The lowest BCUT2D eigenvalue weighted by Gasteiger charge is -2.11. The first-order valence-corrected chi connectivity index (χ1v) is 6.60. The zero-order valence-electron chi connectivity index (χ0n) is 11.3. The van der Waals surface area contributed by atoms with Crippen molar-refractivity contribution in [2.75, 3.05) is 5.32 Å². The smallest absolute Gasteiger partial charge is 0.241 e. The second kappa shape index (κ2) is 5.72. The largest absolute Gasteiger partial charge is 0.361 e. The number of para-hydroxylation sites is 1. The highest BCUT2D eigenvalue weighted by Crippen LogP contribution is 2.19. The number of hydrogen-bond donors (Lipinski definition) is 3. The number of carbonyl (C=O) groups excluding carboxylic acids is 1. The second-order valence-corrected chi connectivity index (χ2v) is 4.79. The van der Waals surface area contributed by atoms with Crippen molar-refractivity contribution < 1.29 is 4.79 Å². The Bertz CT molecular complexity index is 753. The van der Waals surface area contributed by atoms with E-state index in [4.69, 9.17) is 5.73 Å². The Hall–Kier alpha value is -2.73. The SMILES string of the molecule is N[C@@H](Cc1c[nH]c2ccccc12)C(=O)Nc1cncnc1. The summed E-state index contributed by atoms with van der Waals surface area (Å²) in [7, 11) is 0.